The molecule has 5 heteroatoms. The largest absolute Gasteiger partial charge is 0.348 e. The van der Waals surface area contributed by atoms with Gasteiger partial charge in [0.2, 0.25) is 0 Å². The molecular weight excluding hydrogens is 240 g/mol. The minimum absolute atomic E-state index is 0.291. The topological polar surface area (TPSA) is 58.2 Å². The minimum Gasteiger partial charge on any atom is -0.348 e. The Bertz CT molecular complexity index is 407. The third-order valence-electron chi connectivity index (χ3n) is 2.08. The summed E-state index contributed by atoms with van der Waals surface area (Å²) in [5.41, 5.74) is 0.856. The normalized spacial score (nSPS) is 9.76. The third kappa shape index (κ3) is 4.87. The van der Waals surface area contributed by atoms with E-state index < -0.39 is 11.8 Å². The Kier molecular flexibility index (Phi) is 5.49. The van der Waals surface area contributed by atoms with Gasteiger partial charge >= 0.3 is 11.8 Å². The average Bonchev–Trinajstić information content (AvgIpc) is 2.33. The summed E-state index contributed by atoms with van der Waals surface area (Å²) in [6.07, 6.45) is 0.799. The molecule has 2 amide bonds. The molecule has 0 aliphatic heterocycles. The molecule has 0 unspecified atom stereocenters. The van der Waals surface area contributed by atoms with Gasteiger partial charge in [-0.25, -0.2) is 0 Å². The van der Waals surface area contributed by atoms with Gasteiger partial charge in [-0.2, -0.15) is 0 Å². The number of halogens is 1. The van der Waals surface area contributed by atoms with Crippen LogP contribution in [0.2, 0.25) is 5.02 Å². The molecule has 1 aromatic carbocycles. The Morgan fingerprint density at radius 3 is 2.59 bits per heavy atom. The highest BCUT2D eigenvalue weighted by Gasteiger charge is 2.11. The van der Waals surface area contributed by atoms with Crippen LogP contribution in [-0.4, -0.2) is 18.4 Å². The molecule has 4 nitrogen and oxygen atoms in total. The van der Waals surface area contributed by atoms with Crippen LogP contribution in [-0.2, 0) is 16.1 Å². The van der Waals surface area contributed by atoms with Crippen molar-refractivity contribution in [3.8, 4) is 0 Å². The molecule has 92 valence electrons. The summed E-state index contributed by atoms with van der Waals surface area (Å²) in [6.45, 7) is 2.71. The predicted molar refractivity (Wildman–Crippen MR) is 66.6 cm³/mol. The van der Waals surface area contributed by atoms with Crippen LogP contribution >= 0.6 is 11.6 Å². The van der Waals surface area contributed by atoms with Gasteiger partial charge in [0.15, 0.2) is 0 Å². The number of hydrogen-bond acceptors (Lipinski definition) is 2. The molecule has 1 aromatic rings. The molecule has 0 fully saturated rings. The van der Waals surface area contributed by atoms with Crippen LogP contribution in [0.15, 0.2) is 24.3 Å². The summed E-state index contributed by atoms with van der Waals surface area (Å²) < 4.78 is 0. The number of carbonyl (C=O) groups excluding carboxylic acids is 2. The minimum atomic E-state index is -0.626. The van der Waals surface area contributed by atoms with Crippen molar-refractivity contribution in [2.45, 2.75) is 19.9 Å². The fraction of sp³-hybridized carbons (Fsp3) is 0.333. The summed E-state index contributed by atoms with van der Waals surface area (Å²) in [5.74, 6) is -1.23. The van der Waals surface area contributed by atoms with Crippen LogP contribution in [0.4, 0.5) is 0 Å². The summed E-state index contributed by atoms with van der Waals surface area (Å²) in [7, 11) is 0. The van der Waals surface area contributed by atoms with Crippen LogP contribution in [0.3, 0.4) is 0 Å². The standard InChI is InChI=1S/C12H15ClN2O2/c1-2-6-14-11(16)12(17)15-8-9-4-3-5-10(13)7-9/h3-5,7H,2,6,8H2,1H3,(H,14,16)(H,15,17). The lowest BCUT2D eigenvalue weighted by atomic mass is 10.2. The van der Waals surface area contributed by atoms with E-state index in [1.165, 1.54) is 0 Å². The van der Waals surface area contributed by atoms with E-state index in [0.717, 1.165) is 12.0 Å². The van der Waals surface area contributed by atoms with Crippen molar-refractivity contribution in [1.82, 2.24) is 10.6 Å². The maximum Gasteiger partial charge on any atom is 0.309 e. The smallest absolute Gasteiger partial charge is 0.309 e. The first-order chi connectivity index (χ1) is 8.13. The van der Waals surface area contributed by atoms with Gasteiger partial charge in [-0.15, -0.1) is 0 Å². The zero-order chi connectivity index (χ0) is 12.7. The zero-order valence-electron chi connectivity index (χ0n) is 9.63. The average molecular weight is 255 g/mol. The Labute approximate surface area is 105 Å². The van der Waals surface area contributed by atoms with Crippen LogP contribution in [0.1, 0.15) is 18.9 Å². The number of nitrogens with one attached hydrogen (secondary N) is 2. The Hall–Kier alpha value is -1.55. The molecule has 2 N–H and O–H groups in total. The first-order valence-electron chi connectivity index (χ1n) is 5.44. The molecule has 0 saturated heterocycles. The van der Waals surface area contributed by atoms with E-state index in [-0.39, 0.29) is 0 Å². The van der Waals surface area contributed by atoms with Crippen LogP contribution in [0.25, 0.3) is 0 Å². The number of benzene rings is 1. The Morgan fingerprint density at radius 1 is 1.24 bits per heavy atom. The number of amides is 2. The van der Waals surface area contributed by atoms with Crippen molar-refractivity contribution in [1.29, 1.82) is 0 Å². The fourth-order valence-electron chi connectivity index (χ4n) is 1.23. The van der Waals surface area contributed by atoms with E-state index in [1.54, 1.807) is 18.2 Å². The monoisotopic (exact) mass is 254 g/mol. The van der Waals surface area contributed by atoms with Gasteiger partial charge in [-0.3, -0.25) is 9.59 Å². The molecule has 0 aliphatic rings. The Morgan fingerprint density at radius 2 is 1.94 bits per heavy atom. The molecular formula is C12H15ClN2O2. The molecule has 0 bridgehead atoms. The van der Waals surface area contributed by atoms with E-state index in [2.05, 4.69) is 10.6 Å². The second kappa shape index (κ2) is 6.91. The summed E-state index contributed by atoms with van der Waals surface area (Å²) in [6, 6.07) is 7.11. The molecule has 0 spiro atoms. The number of rotatable bonds is 4. The van der Waals surface area contributed by atoms with Gasteiger partial charge in [-0.1, -0.05) is 30.7 Å². The van der Waals surface area contributed by atoms with Crippen molar-refractivity contribution in [3.05, 3.63) is 34.9 Å². The van der Waals surface area contributed by atoms with Crippen LogP contribution < -0.4 is 10.6 Å². The van der Waals surface area contributed by atoms with E-state index in [1.807, 2.05) is 13.0 Å². The predicted octanol–water partition coefficient (Wildman–Crippen LogP) is 1.48. The molecule has 0 aliphatic carbocycles. The van der Waals surface area contributed by atoms with Gasteiger partial charge in [-0.05, 0) is 24.1 Å². The highest BCUT2D eigenvalue weighted by molar-refractivity contribution is 6.35. The van der Waals surface area contributed by atoms with Crippen molar-refractivity contribution in [2.75, 3.05) is 6.54 Å². The molecule has 0 radical (unpaired) electrons. The summed E-state index contributed by atoms with van der Waals surface area (Å²) >= 11 is 5.80. The van der Waals surface area contributed by atoms with Crippen molar-refractivity contribution in [3.63, 3.8) is 0 Å². The van der Waals surface area contributed by atoms with Gasteiger partial charge in [0.1, 0.15) is 0 Å². The maximum atomic E-state index is 11.4. The lowest BCUT2D eigenvalue weighted by molar-refractivity contribution is -0.139. The molecule has 1 rings (SSSR count). The molecule has 17 heavy (non-hydrogen) atoms. The number of hydrogen-bond donors (Lipinski definition) is 2. The first-order valence-corrected chi connectivity index (χ1v) is 5.81. The quantitative estimate of drug-likeness (QED) is 0.800. The first kappa shape index (κ1) is 13.5. The summed E-state index contributed by atoms with van der Waals surface area (Å²) in [5, 5.41) is 5.63. The molecule has 0 saturated carbocycles. The molecule has 0 heterocycles. The van der Waals surface area contributed by atoms with Gasteiger partial charge in [0.25, 0.3) is 0 Å². The van der Waals surface area contributed by atoms with Gasteiger partial charge < -0.3 is 10.6 Å². The molecule has 0 atom stereocenters. The zero-order valence-corrected chi connectivity index (χ0v) is 10.4. The van der Waals surface area contributed by atoms with Crippen LogP contribution in [0, 0.1) is 0 Å². The SMILES string of the molecule is CCCNC(=O)C(=O)NCc1cccc(Cl)c1. The Balaban J connectivity index is 2.40. The van der Waals surface area contributed by atoms with Crippen molar-refractivity contribution >= 4 is 23.4 Å². The highest BCUT2D eigenvalue weighted by Crippen LogP contribution is 2.09. The van der Waals surface area contributed by atoms with Gasteiger partial charge in [0.05, 0.1) is 0 Å². The fourth-order valence-corrected chi connectivity index (χ4v) is 1.44. The van der Waals surface area contributed by atoms with E-state index in [9.17, 15) is 9.59 Å². The number of carbonyl (C=O) groups is 2. The van der Waals surface area contributed by atoms with Crippen LogP contribution in [0.5, 0.6) is 0 Å². The lowest BCUT2D eigenvalue weighted by Crippen LogP contribution is -2.39. The third-order valence-corrected chi connectivity index (χ3v) is 2.32. The van der Waals surface area contributed by atoms with Gasteiger partial charge in [0, 0.05) is 18.1 Å². The second-order valence-electron chi connectivity index (χ2n) is 3.57. The van der Waals surface area contributed by atoms with E-state index >= 15 is 0 Å². The van der Waals surface area contributed by atoms with E-state index in [4.69, 9.17) is 11.6 Å². The lowest BCUT2D eigenvalue weighted by Gasteiger charge is -2.05. The summed E-state index contributed by atoms with van der Waals surface area (Å²) in [4.78, 5) is 22.6. The van der Waals surface area contributed by atoms with Crippen molar-refractivity contribution in [2.24, 2.45) is 0 Å². The maximum absolute atomic E-state index is 11.4. The highest BCUT2D eigenvalue weighted by atomic mass is 35.5. The molecule has 0 aromatic heterocycles. The van der Waals surface area contributed by atoms with E-state index in [0.29, 0.717) is 18.1 Å². The van der Waals surface area contributed by atoms with Crippen molar-refractivity contribution < 1.29 is 9.59 Å². The second-order valence-corrected chi connectivity index (χ2v) is 4.00.